The van der Waals surface area contributed by atoms with Crippen molar-refractivity contribution in [2.24, 2.45) is 0 Å². The Morgan fingerprint density at radius 1 is 1.10 bits per heavy atom. The highest BCUT2D eigenvalue weighted by Crippen LogP contribution is 2.20. The molecular formula is C15H16FNO3S. The van der Waals surface area contributed by atoms with Crippen LogP contribution in [0, 0.1) is 5.82 Å². The van der Waals surface area contributed by atoms with E-state index in [1.165, 1.54) is 19.1 Å². The summed E-state index contributed by atoms with van der Waals surface area (Å²) in [5.41, 5.74) is -0.735. The summed E-state index contributed by atoms with van der Waals surface area (Å²) in [4.78, 5) is -0.0484. The Labute approximate surface area is 123 Å². The first kappa shape index (κ1) is 15.6. The number of hydrogen-bond donors (Lipinski definition) is 2. The molecule has 0 aromatic heterocycles. The summed E-state index contributed by atoms with van der Waals surface area (Å²) in [5, 5.41) is 10.4. The Balaban J connectivity index is 2.13. The smallest absolute Gasteiger partial charge is 0.240 e. The molecule has 0 aliphatic rings. The third-order valence-electron chi connectivity index (χ3n) is 3.13. The van der Waals surface area contributed by atoms with Gasteiger partial charge in [0.05, 0.1) is 4.90 Å². The zero-order valence-electron chi connectivity index (χ0n) is 11.5. The predicted molar refractivity (Wildman–Crippen MR) is 77.6 cm³/mol. The largest absolute Gasteiger partial charge is 0.384 e. The van der Waals surface area contributed by atoms with E-state index in [1.807, 2.05) is 6.07 Å². The molecule has 0 heterocycles. The van der Waals surface area contributed by atoms with Crippen LogP contribution in [0.5, 0.6) is 0 Å². The molecule has 21 heavy (non-hydrogen) atoms. The molecule has 2 N–H and O–H groups in total. The van der Waals surface area contributed by atoms with Crippen LogP contribution in [0.25, 0.3) is 0 Å². The third kappa shape index (κ3) is 3.87. The van der Waals surface area contributed by atoms with Crippen molar-refractivity contribution in [1.82, 2.24) is 4.72 Å². The van der Waals surface area contributed by atoms with Crippen molar-refractivity contribution in [3.05, 3.63) is 66.0 Å². The molecule has 0 radical (unpaired) electrons. The SMILES string of the molecule is CC(O)(CNS(=O)(=O)c1ccc(F)cc1)c1ccccc1. The summed E-state index contributed by atoms with van der Waals surface area (Å²) in [6.45, 7) is 1.34. The second kappa shape index (κ2) is 5.93. The Hall–Kier alpha value is -1.76. The fourth-order valence-electron chi connectivity index (χ4n) is 1.83. The van der Waals surface area contributed by atoms with Crippen LogP contribution in [0.15, 0.2) is 59.5 Å². The quantitative estimate of drug-likeness (QED) is 0.888. The van der Waals surface area contributed by atoms with Crippen LogP contribution >= 0.6 is 0 Å². The maximum Gasteiger partial charge on any atom is 0.240 e. The van der Waals surface area contributed by atoms with Gasteiger partial charge in [-0.2, -0.15) is 0 Å². The Kier molecular flexibility index (Phi) is 4.41. The van der Waals surface area contributed by atoms with Gasteiger partial charge in [0.25, 0.3) is 0 Å². The van der Waals surface area contributed by atoms with Gasteiger partial charge in [-0.15, -0.1) is 0 Å². The second-order valence-electron chi connectivity index (χ2n) is 4.92. The van der Waals surface area contributed by atoms with E-state index in [0.29, 0.717) is 5.56 Å². The maximum absolute atomic E-state index is 12.8. The molecule has 0 fully saturated rings. The van der Waals surface area contributed by atoms with E-state index in [2.05, 4.69) is 4.72 Å². The number of hydrogen-bond acceptors (Lipinski definition) is 3. The van der Waals surface area contributed by atoms with Crippen LogP contribution in [-0.4, -0.2) is 20.1 Å². The highest BCUT2D eigenvalue weighted by molar-refractivity contribution is 7.89. The van der Waals surface area contributed by atoms with Gasteiger partial charge in [0.15, 0.2) is 0 Å². The molecule has 0 bridgehead atoms. The minimum absolute atomic E-state index is 0.0484. The first-order valence-electron chi connectivity index (χ1n) is 6.34. The molecule has 2 rings (SSSR count). The number of sulfonamides is 1. The Morgan fingerprint density at radius 3 is 2.24 bits per heavy atom. The number of halogens is 1. The van der Waals surface area contributed by atoms with Crippen molar-refractivity contribution in [2.45, 2.75) is 17.4 Å². The molecule has 0 aliphatic heterocycles. The molecule has 0 amide bonds. The van der Waals surface area contributed by atoms with Gasteiger partial charge in [-0.1, -0.05) is 30.3 Å². The van der Waals surface area contributed by atoms with Crippen molar-refractivity contribution in [2.75, 3.05) is 6.54 Å². The van der Waals surface area contributed by atoms with Crippen LogP contribution in [0.1, 0.15) is 12.5 Å². The minimum Gasteiger partial charge on any atom is -0.384 e. The van der Waals surface area contributed by atoms with Gasteiger partial charge in [0, 0.05) is 6.54 Å². The summed E-state index contributed by atoms with van der Waals surface area (Å²) in [7, 11) is -3.79. The Bertz CT molecular complexity index is 697. The maximum atomic E-state index is 12.8. The standard InChI is InChI=1S/C15H16FNO3S/c1-15(18,12-5-3-2-4-6-12)11-17-21(19,20)14-9-7-13(16)8-10-14/h2-10,17-18H,11H2,1H3. The van der Waals surface area contributed by atoms with Gasteiger partial charge < -0.3 is 5.11 Å². The lowest BCUT2D eigenvalue weighted by atomic mass is 9.97. The van der Waals surface area contributed by atoms with Crippen molar-refractivity contribution in [3.8, 4) is 0 Å². The van der Waals surface area contributed by atoms with Gasteiger partial charge in [-0.25, -0.2) is 17.5 Å². The highest BCUT2D eigenvalue weighted by atomic mass is 32.2. The fraction of sp³-hybridized carbons (Fsp3) is 0.200. The van der Waals surface area contributed by atoms with E-state index in [1.54, 1.807) is 24.3 Å². The summed E-state index contributed by atoms with van der Waals surface area (Å²) in [6, 6.07) is 13.3. The van der Waals surface area contributed by atoms with E-state index in [9.17, 15) is 17.9 Å². The van der Waals surface area contributed by atoms with Crippen molar-refractivity contribution < 1.29 is 17.9 Å². The average Bonchev–Trinajstić information content (AvgIpc) is 2.47. The topological polar surface area (TPSA) is 66.4 Å². The molecule has 6 heteroatoms. The number of rotatable bonds is 5. The lowest BCUT2D eigenvalue weighted by Crippen LogP contribution is -2.38. The van der Waals surface area contributed by atoms with Crippen molar-refractivity contribution >= 4 is 10.0 Å². The van der Waals surface area contributed by atoms with Crippen molar-refractivity contribution in [3.63, 3.8) is 0 Å². The van der Waals surface area contributed by atoms with Crippen molar-refractivity contribution in [1.29, 1.82) is 0 Å². The third-order valence-corrected chi connectivity index (χ3v) is 4.54. The van der Waals surface area contributed by atoms with E-state index in [4.69, 9.17) is 0 Å². The van der Waals surface area contributed by atoms with Crippen LogP contribution in [0.3, 0.4) is 0 Å². The molecule has 1 unspecified atom stereocenters. The summed E-state index contributed by atoms with van der Waals surface area (Å²) in [6.07, 6.45) is 0. The molecule has 2 aromatic rings. The van der Waals surface area contributed by atoms with E-state index in [0.717, 1.165) is 12.1 Å². The number of nitrogens with one attached hydrogen (secondary N) is 1. The predicted octanol–water partition coefficient (Wildman–Crippen LogP) is 2.01. The lowest BCUT2D eigenvalue weighted by Gasteiger charge is -2.24. The average molecular weight is 309 g/mol. The van der Waals surface area contributed by atoms with E-state index < -0.39 is 21.4 Å². The zero-order valence-corrected chi connectivity index (χ0v) is 12.3. The molecule has 0 saturated heterocycles. The molecule has 0 aliphatic carbocycles. The summed E-state index contributed by atoms with van der Waals surface area (Å²) < 4.78 is 39.3. The first-order valence-corrected chi connectivity index (χ1v) is 7.83. The normalized spacial score (nSPS) is 14.6. The Morgan fingerprint density at radius 2 is 1.67 bits per heavy atom. The summed E-state index contributed by atoms with van der Waals surface area (Å²) >= 11 is 0. The molecular weight excluding hydrogens is 293 g/mol. The molecule has 0 saturated carbocycles. The molecule has 2 aromatic carbocycles. The monoisotopic (exact) mass is 309 g/mol. The van der Waals surface area contributed by atoms with E-state index >= 15 is 0 Å². The molecule has 4 nitrogen and oxygen atoms in total. The fourth-order valence-corrected chi connectivity index (χ4v) is 2.96. The van der Waals surface area contributed by atoms with Gasteiger partial charge >= 0.3 is 0 Å². The van der Waals surface area contributed by atoms with Gasteiger partial charge in [-0.05, 0) is 36.8 Å². The van der Waals surface area contributed by atoms with Crippen LogP contribution in [0.2, 0.25) is 0 Å². The van der Waals surface area contributed by atoms with Gasteiger partial charge in [-0.3, -0.25) is 0 Å². The molecule has 0 spiro atoms. The highest BCUT2D eigenvalue weighted by Gasteiger charge is 2.25. The van der Waals surface area contributed by atoms with E-state index in [-0.39, 0.29) is 11.4 Å². The van der Waals surface area contributed by atoms with Gasteiger partial charge in [0.2, 0.25) is 10.0 Å². The zero-order chi connectivity index (χ0) is 15.5. The molecule has 1 atom stereocenters. The van der Waals surface area contributed by atoms with Gasteiger partial charge in [0.1, 0.15) is 11.4 Å². The first-order chi connectivity index (χ1) is 9.81. The second-order valence-corrected chi connectivity index (χ2v) is 6.69. The number of aliphatic hydroxyl groups is 1. The number of benzene rings is 2. The lowest BCUT2D eigenvalue weighted by molar-refractivity contribution is 0.0627. The van der Waals surface area contributed by atoms with Crippen LogP contribution < -0.4 is 4.72 Å². The minimum atomic E-state index is -3.79. The van der Waals surface area contributed by atoms with Crippen LogP contribution in [-0.2, 0) is 15.6 Å². The summed E-state index contributed by atoms with van der Waals surface area (Å²) in [5.74, 6) is -0.509. The van der Waals surface area contributed by atoms with Crippen LogP contribution in [0.4, 0.5) is 4.39 Å². The molecule has 112 valence electrons.